The van der Waals surface area contributed by atoms with Crippen molar-refractivity contribution in [3.63, 3.8) is 0 Å². The van der Waals surface area contributed by atoms with Gasteiger partial charge in [0.25, 0.3) is 5.89 Å². The number of hydrogen-bond acceptors (Lipinski definition) is 7. The molecule has 3 heterocycles. The van der Waals surface area contributed by atoms with E-state index in [2.05, 4.69) is 16.0 Å². The molecule has 1 aliphatic heterocycles. The van der Waals surface area contributed by atoms with Crippen LogP contribution in [0.25, 0.3) is 11.7 Å². The summed E-state index contributed by atoms with van der Waals surface area (Å²) >= 11 is 0. The predicted octanol–water partition coefficient (Wildman–Crippen LogP) is 3.15. The van der Waals surface area contributed by atoms with Gasteiger partial charge in [-0.25, -0.2) is 0 Å². The largest absolute Gasteiger partial charge is 0.459 e. The minimum absolute atomic E-state index is 0.0875. The van der Waals surface area contributed by atoms with Gasteiger partial charge in [-0.15, -0.1) is 0 Å². The van der Waals surface area contributed by atoms with E-state index in [4.69, 9.17) is 8.83 Å². The number of likely N-dealkylation sites (N-methyl/N-ethyl adjacent to an activating group) is 1. The fraction of sp³-hybridized carbons (Fsp3) is 0.348. The number of anilines is 1. The number of nitriles is 1. The molecule has 1 atom stereocenters. The van der Waals surface area contributed by atoms with Gasteiger partial charge in [0.1, 0.15) is 12.1 Å². The molecule has 0 saturated carbocycles. The van der Waals surface area contributed by atoms with E-state index in [9.17, 15) is 10.1 Å². The Morgan fingerprint density at radius 1 is 1.19 bits per heavy atom. The second-order valence-corrected chi connectivity index (χ2v) is 7.46. The second kappa shape index (κ2) is 9.06. The van der Waals surface area contributed by atoms with Crippen LogP contribution in [0.2, 0.25) is 0 Å². The van der Waals surface area contributed by atoms with Gasteiger partial charge in [-0.3, -0.25) is 9.69 Å². The third kappa shape index (κ3) is 4.18. The number of benzene rings is 1. The van der Waals surface area contributed by atoms with Crippen LogP contribution in [0.15, 0.2) is 57.6 Å². The lowest BCUT2D eigenvalue weighted by atomic mass is 10.0. The molecule has 3 aromatic rings. The monoisotopic (exact) mass is 419 g/mol. The highest BCUT2D eigenvalue weighted by atomic mass is 16.4. The van der Waals surface area contributed by atoms with Crippen LogP contribution in [0, 0.1) is 11.3 Å². The Bertz CT molecular complexity index is 1050. The topological polar surface area (TPSA) is 89.8 Å². The summed E-state index contributed by atoms with van der Waals surface area (Å²) in [4.78, 5) is 23.5. The summed E-state index contributed by atoms with van der Waals surface area (Å²) in [5, 5.41) is 9.49. The SMILES string of the molecule is CCN(C)C(C(=O)N1CCN(c2oc(-c3ccco3)nc2C#N)CC1)c1ccccc1. The van der Waals surface area contributed by atoms with Gasteiger partial charge in [-0.1, -0.05) is 37.3 Å². The van der Waals surface area contributed by atoms with E-state index >= 15 is 0 Å². The lowest BCUT2D eigenvalue weighted by molar-refractivity contribution is -0.137. The first-order chi connectivity index (χ1) is 15.1. The molecule has 8 heteroatoms. The maximum absolute atomic E-state index is 13.4. The van der Waals surface area contributed by atoms with Crippen molar-refractivity contribution in [2.24, 2.45) is 0 Å². The van der Waals surface area contributed by atoms with Gasteiger partial charge in [-0.05, 0) is 31.3 Å². The minimum atomic E-state index is -0.316. The summed E-state index contributed by atoms with van der Waals surface area (Å²) in [6, 6.07) is 15.1. The van der Waals surface area contributed by atoms with Gasteiger partial charge in [0.2, 0.25) is 17.5 Å². The summed E-state index contributed by atoms with van der Waals surface area (Å²) in [6.07, 6.45) is 1.53. The number of carbonyl (C=O) groups is 1. The first-order valence-electron chi connectivity index (χ1n) is 10.4. The zero-order valence-corrected chi connectivity index (χ0v) is 17.7. The van der Waals surface area contributed by atoms with Crippen molar-refractivity contribution < 1.29 is 13.6 Å². The first kappa shape index (κ1) is 20.7. The molecule has 0 aliphatic carbocycles. The summed E-state index contributed by atoms with van der Waals surface area (Å²) in [5.41, 5.74) is 1.21. The highest BCUT2D eigenvalue weighted by Gasteiger charge is 2.32. The Hall–Kier alpha value is -3.57. The summed E-state index contributed by atoms with van der Waals surface area (Å²) in [5.74, 6) is 1.27. The molecule has 1 aliphatic rings. The maximum Gasteiger partial charge on any atom is 0.266 e. The number of nitrogens with zero attached hydrogens (tertiary/aromatic N) is 5. The Labute approximate surface area is 181 Å². The van der Waals surface area contributed by atoms with Crippen molar-refractivity contribution in [2.45, 2.75) is 13.0 Å². The molecular formula is C23H25N5O3. The first-order valence-corrected chi connectivity index (χ1v) is 10.4. The smallest absolute Gasteiger partial charge is 0.266 e. The lowest BCUT2D eigenvalue weighted by Crippen LogP contribution is -2.52. The number of hydrogen-bond donors (Lipinski definition) is 0. The number of furan rings is 1. The van der Waals surface area contributed by atoms with Crippen LogP contribution in [0.5, 0.6) is 0 Å². The number of piperazine rings is 1. The fourth-order valence-electron chi connectivity index (χ4n) is 3.81. The van der Waals surface area contributed by atoms with Crippen LogP contribution in [-0.4, -0.2) is 60.5 Å². The van der Waals surface area contributed by atoms with Gasteiger partial charge in [-0.2, -0.15) is 10.2 Å². The Balaban J connectivity index is 1.48. The Morgan fingerprint density at radius 2 is 1.94 bits per heavy atom. The standard InChI is InChI=1S/C23H25N5O3/c1-3-26(2)20(17-8-5-4-6-9-17)22(29)27-11-13-28(14-12-27)23-18(16-24)25-21(31-23)19-10-7-15-30-19/h4-10,15,20H,3,11-14H2,1-2H3. The normalized spacial score (nSPS) is 15.2. The Kier molecular flexibility index (Phi) is 6.05. The average Bonchev–Trinajstić information content (AvgIpc) is 3.50. The van der Waals surface area contributed by atoms with Crippen molar-refractivity contribution >= 4 is 11.8 Å². The second-order valence-electron chi connectivity index (χ2n) is 7.46. The van der Waals surface area contributed by atoms with Crippen LogP contribution >= 0.6 is 0 Å². The lowest BCUT2D eigenvalue weighted by Gasteiger charge is -2.38. The third-order valence-electron chi connectivity index (χ3n) is 5.61. The summed E-state index contributed by atoms with van der Waals surface area (Å²) in [7, 11) is 1.97. The van der Waals surface area contributed by atoms with E-state index in [-0.39, 0.29) is 23.5 Å². The molecule has 1 fully saturated rings. The van der Waals surface area contributed by atoms with Crippen LogP contribution < -0.4 is 4.90 Å². The van der Waals surface area contributed by atoms with E-state index in [0.29, 0.717) is 37.8 Å². The maximum atomic E-state index is 13.4. The number of rotatable bonds is 6. The average molecular weight is 419 g/mol. The molecule has 4 rings (SSSR count). The summed E-state index contributed by atoms with van der Waals surface area (Å²) in [6.45, 7) is 5.02. The van der Waals surface area contributed by atoms with Crippen molar-refractivity contribution in [1.82, 2.24) is 14.8 Å². The molecule has 2 aromatic heterocycles. The third-order valence-corrected chi connectivity index (χ3v) is 5.61. The molecule has 160 valence electrons. The molecule has 0 bridgehead atoms. The van der Waals surface area contributed by atoms with Crippen molar-refractivity contribution in [2.75, 3.05) is 44.7 Å². The highest BCUT2D eigenvalue weighted by Crippen LogP contribution is 2.30. The van der Waals surface area contributed by atoms with Gasteiger partial charge < -0.3 is 18.6 Å². The van der Waals surface area contributed by atoms with Crippen LogP contribution in [0.3, 0.4) is 0 Å². The number of oxazole rings is 1. The molecule has 0 N–H and O–H groups in total. The quantitative estimate of drug-likeness (QED) is 0.606. The van der Waals surface area contributed by atoms with E-state index < -0.39 is 0 Å². The number of aromatic nitrogens is 1. The molecule has 8 nitrogen and oxygen atoms in total. The van der Waals surface area contributed by atoms with Crippen molar-refractivity contribution in [3.8, 4) is 17.7 Å². The molecule has 1 amide bonds. The molecular weight excluding hydrogens is 394 g/mol. The molecule has 1 unspecified atom stereocenters. The van der Waals surface area contributed by atoms with Crippen LogP contribution in [0.1, 0.15) is 24.2 Å². The Morgan fingerprint density at radius 3 is 2.55 bits per heavy atom. The van der Waals surface area contributed by atoms with E-state index in [0.717, 1.165) is 12.1 Å². The van der Waals surface area contributed by atoms with Crippen LogP contribution in [-0.2, 0) is 4.79 Å². The van der Waals surface area contributed by atoms with Gasteiger partial charge in [0.15, 0.2) is 5.76 Å². The van der Waals surface area contributed by atoms with Crippen molar-refractivity contribution in [3.05, 3.63) is 60.0 Å². The van der Waals surface area contributed by atoms with E-state index in [1.165, 1.54) is 6.26 Å². The van der Waals surface area contributed by atoms with Crippen LogP contribution in [0.4, 0.5) is 5.88 Å². The van der Waals surface area contributed by atoms with E-state index in [1.807, 2.05) is 54.1 Å². The zero-order chi connectivity index (χ0) is 21.8. The van der Waals surface area contributed by atoms with Gasteiger partial charge in [0, 0.05) is 26.2 Å². The number of amides is 1. The fourth-order valence-corrected chi connectivity index (χ4v) is 3.81. The van der Waals surface area contributed by atoms with Gasteiger partial charge >= 0.3 is 0 Å². The van der Waals surface area contributed by atoms with Crippen molar-refractivity contribution in [1.29, 1.82) is 5.26 Å². The molecule has 31 heavy (non-hydrogen) atoms. The molecule has 1 saturated heterocycles. The predicted molar refractivity (Wildman–Crippen MR) is 115 cm³/mol. The van der Waals surface area contributed by atoms with Gasteiger partial charge in [0.05, 0.1) is 6.26 Å². The zero-order valence-electron chi connectivity index (χ0n) is 17.7. The molecule has 0 radical (unpaired) electrons. The highest BCUT2D eigenvalue weighted by molar-refractivity contribution is 5.83. The molecule has 1 aromatic carbocycles. The summed E-state index contributed by atoms with van der Waals surface area (Å²) < 4.78 is 11.2. The molecule has 0 spiro atoms. The minimum Gasteiger partial charge on any atom is -0.459 e. The van der Waals surface area contributed by atoms with E-state index in [1.54, 1.807) is 12.1 Å². The number of carbonyl (C=O) groups excluding carboxylic acids is 1.